The van der Waals surface area contributed by atoms with Crippen molar-refractivity contribution in [1.29, 1.82) is 0 Å². The molecule has 2 rings (SSSR count). The molecule has 1 amide bonds. The second-order valence-corrected chi connectivity index (χ2v) is 9.96. The van der Waals surface area contributed by atoms with Gasteiger partial charge >= 0.3 is 12.1 Å². The second kappa shape index (κ2) is 10.9. The molecule has 8 heteroatoms. The molecule has 6 nitrogen and oxygen atoms in total. The lowest BCUT2D eigenvalue weighted by Crippen LogP contribution is -2.61. The number of carbonyl (C=O) groups is 2. The molecule has 2 heterocycles. The molecule has 3 atom stereocenters. The van der Waals surface area contributed by atoms with Crippen LogP contribution in [0.1, 0.15) is 86.0 Å². The first-order valence-electron chi connectivity index (χ1n) is 11.8. The van der Waals surface area contributed by atoms with Crippen LogP contribution in [0, 0.1) is 0 Å². The molecule has 0 radical (unpaired) electrons. The quantitative estimate of drug-likeness (QED) is 0.369. The van der Waals surface area contributed by atoms with E-state index in [1.165, 1.54) is 24.2 Å². The van der Waals surface area contributed by atoms with Crippen LogP contribution < -0.4 is 0 Å². The van der Waals surface area contributed by atoms with Gasteiger partial charge in [-0.15, -0.1) is 0 Å². The van der Waals surface area contributed by atoms with Crippen molar-refractivity contribution >= 4 is 12.1 Å². The number of ether oxygens (including phenoxy) is 2. The topological polar surface area (TPSA) is 59.1 Å². The van der Waals surface area contributed by atoms with Crippen molar-refractivity contribution in [2.45, 2.75) is 116 Å². The molecule has 0 bridgehead atoms. The summed E-state index contributed by atoms with van der Waals surface area (Å²) in [5.41, 5.74) is -0.743. The predicted molar refractivity (Wildman–Crippen MR) is 115 cm³/mol. The van der Waals surface area contributed by atoms with E-state index in [1.54, 1.807) is 25.7 Å². The van der Waals surface area contributed by atoms with E-state index >= 15 is 0 Å². The number of alkyl halides is 2. The Bertz CT molecular complexity index is 609. The summed E-state index contributed by atoms with van der Waals surface area (Å²) in [5.74, 6) is -3.34. The van der Waals surface area contributed by atoms with Gasteiger partial charge in [-0.2, -0.15) is 0 Å². The third-order valence-corrected chi connectivity index (χ3v) is 5.94. The number of unbranched alkanes of at least 4 members (excludes halogenated alkanes) is 4. The highest BCUT2D eigenvalue weighted by Gasteiger charge is 2.52. The van der Waals surface area contributed by atoms with Crippen LogP contribution in [0.2, 0.25) is 0 Å². The molecule has 31 heavy (non-hydrogen) atoms. The maximum absolute atomic E-state index is 14.0. The van der Waals surface area contributed by atoms with E-state index in [-0.39, 0.29) is 25.6 Å². The Balaban J connectivity index is 2.05. The van der Waals surface area contributed by atoms with E-state index in [2.05, 4.69) is 6.92 Å². The van der Waals surface area contributed by atoms with Crippen LogP contribution in [-0.4, -0.2) is 71.2 Å². The van der Waals surface area contributed by atoms with Crippen LogP contribution in [-0.2, 0) is 14.3 Å². The monoisotopic (exact) mass is 446 g/mol. The molecular formula is C23H40F2N2O4. The molecule has 180 valence electrons. The van der Waals surface area contributed by atoms with Gasteiger partial charge in [0.15, 0.2) is 0 Å². The van der Waals surface area contributed by atoms with Crippen LogP contribution in [0.15, 0.2) is 0 Å². The Morgan fingerprint density at radius 3 is 2.39 bits per heavy atom. The molecule has 2 saturated heterocycles. The number of rotatable bonds is 9. The minimum atomic E-state index is -2.81. The van der Waals surface area contributed by atoms with Gasteiger partial charge in [0.25, 0.3) is 5.92 Å². The van der Waals surface area contributed by atoms with Crippen molar-refractivity contribution in [2.24, 2.45) is 0 Å². The Morgan fingerprint density at radius 1 is 1.10 bits per heavy atom. The number of amides is 1. The smallest absolute Gasteiger partial charge is 0.411 e. The highest BCUT2D eigenvalue weighted by Crippen LogP contribution is 2.36. The molecule has 0 saturated carbocycles. The maximum Gasteiger partial charge on any atom is 0.411 e. The molecule has 2 aliphatic heterocycles. The third kappa shape index (κ3) is 7.88. The van der Waals surface area contributed by atoms with Crippen LogP contribution in [0.5, 0.6) is 0 Å². The highest BCUT2D eigenvalue weighted by molar-refractivity contribution is 5.82. The molecule has 0 aromatic rings. The number of piperazine rings is 1. The summed E-state index contributed by atoms with van der Waals surface area (Å²) in [6.45, 7) is 9.05. The first-order valence-corrected chi connectivity index (χ1v) is 11.8. The minimum Gasteiger partial charge on any atom is -0.461 e. The molecule has 0 aromatic carbocycles. The first-order chi connectivity index (χ1) is 14.5. The lowest BCUT2D eigenvalue weighted by molar-refractivity contribution is -0.159. The van der Waals surface area contributed by atoms with Gasteiger partial charge in [0.1, 0.15) is 17.7 Å². The summed E-state index contributed by atoms with van der Waals surface area (Å²) in [6, 6.07) is -1.42. The SMILES string of the molecule is CCCCCCCC(CC)OC(=O)[C@@H]1CN2CC(F)(F)C[C@@H]2CN1C(=O)OC(C)(C)C. The van der Waals surface area contributed by atoms with Crippen LogP contribution >= 0.6 is 0 Å². The Labute approximate surface area is 185 Å². The predicted octanol–water partition coefficient (Wildman–Crippen LogP) is 5.00. The lowest BCUT2D eigenvalue weighted by atomic mass is 10.1. The number of hydrogen-bond donors (Lipinski definition) is 0. The Morgan fingerprint density at radius 2 is 1.77 bits per heavy atom. The van der Waals surface area contributed by atoms with Crippen molar-refractivity contribution in [3.8, 4) is 0 Å². The van der Waals surface area contributed by atoms with Crippen LogP contribution in [0.4, 0.5) is 13.6 Å². The molecule has 0 N–H and O–H groups in total. The molecular weight excluding hydrogens is 406 g/mol. The van der Waals surface area contributed by atoms with Gasteiger partial charge in [-0.3, -0.25) is 9.80 Å². The van der Waals surface area contributed by atoms with E-state index in [1.807, 2.05) is 6.92 Å². The number of carbonyl (C=O) groups excluding carboxylic acids is 2. The second-order valence-electron chi connectivity index (χ2n) is 9.96. The van der Waals surface area contributed by atoms with Crippen LogP contribution in [0.3, 0.4) is 0 Å². The van der Waals surface area contributed by atoms with Gasteiger partial charge < -0.3 is 9.47 Å². The third-order valence-electron chi connectivity index (χ3n) is 5.94. The summed E-state index contributed by atoms with van der Waals surface area (Å²) < 4.78 is 39.2. The van der Waals surface area contributed by atoms with Crippen molar-refractivity contribution in [1.82, 2.24) is 9.80 Å². The van der Waals surface area contributed by atoms with Gasteiger partial charge in [-0.25, -0.2) is 18.4 Å². The van der Waals surface area contributed by atoms with Gasteiger partial charge in [0.05, 0.1) is 6.54 Å². The molecule has 2 aliphatic rings. The lowest BCUT2D eigenvalue weighted by Gasteiger charge is -2.42. The fourth-order valence-corrected chi connectivity index (χ4v) is 4.32. The van der Waals surface area contributed by atoms with E-state index < -0.39 is 42.2 Å². The minimum absolute atomic E-state index is 0.0398. The molecule has 0 aliphatic carbocycles. The number of fused-ring (bicyclic) bond motifs is 1. The fraction of sp³-hybridized carbons (Fsp3) is 0.913. The standard InChI is InChI=1S/C23H40F2N2O4/c1-6-8-9-10-11-12-18(7-2)30-20(28)19-15-26-16-23(24,25)13-17(26)14-27(19)21(29)31-22(3,4)5/h17-19H,6-16H2,1-5H3/t17-,18?,19+/m1/s1. The summed E-state index contributed by atoms with van der Waals surface area (Å²) >= 11 is 0. The Hall–Kier alpha value is -1.44. The van der Waals surface area contributed by atoms with Gasteiger partial charge in [0.2, 0.25) is 0 Å². The maximum atomic E-state index is 14.0. The zero-order valence-corrected chi connectivity index (χ0v) is 19.8. The number of nitrogens with zero attached hydrogens (tertiary/aromatic N) is 2. The normalized spacial score (nSPS) is 24.5. The average Bonchev–Trinajstić information content (AvgIpc) is 2.97. The van der Waals surface area contributed by atoms with Crippen molar-refractivity contribution in [3.05, 3.63) is 0 Å². The van der Waals surface area contributed by atoms with E-state index in [0.717, 1.165) is 19.3 Å². The van der Waals surface area contributed by atoms with Crippen molar-refractivity contribution in [3.63, 3.8) is 0 Å². The van der Waals surface area contributed by atoms with Crippen LogP contribution in [0.25, 0.3) is 0 Å². The summed E-state index contributed by atoms with van der Waals surface area (Å²) in [7, 11) is 0. The first kappa shape index (κ1) is 25.8. The zero-order chi connectivity index (χ0) is 23.2. The van der Waals surface area contributed by atoms with Gasteiger partial charge in [-0.1, -0.05) is 39.5 Å². The molecule has 2 fully saturated rings. The number of halogens is 2. The van der Waals surface area contributed by atoms with Gasteiger partial charge in [-0.05, 0) is 40.0 Å². The summed E-state index contributed by atoms with van der Waals surface area (Å²) in [4.78, 5) is 28.7. The summed E-state index contributed by atoms with van der Waals surface area (Å²) in [5, 5.41) is 0. The Kier molecular flexibility index (Phi) is 9.10. The van der Waals surface area contributed by atoms with E-state index in [9.17, 15) is 18.4 Å². The van der Waals surface area contributed by atoms with Gasteiger partial charge in [0, 0.05) is 25.6 Å². The van der Waals surface area contributed by atoms with Crippen molar-refractivity contribution < 1.29 is 27.8 Å². The highest BCUT2D eigenvalue weighted by atomic mass is 19.3. The van der Waals surface area contributed by atoms with E-state index in [0.29, 0.717) is 6.42 Å². The summed E-state index contributed by atoms with van der Waals surface area (Å²) in [6.07, 6.45) is 5.87. The fourth-order valence-electron chi connectivity index (χ4n) is 4.32. The molecule has 1 unspecified atom stereocenters. The molecule has 0 aromatic heterocycles. The largest absolute Gasteiger partial charge is 0.461 e. The van der Waals surface area contributed by atoms with E-state index in [4.69, 9.17) is 9.47 Å². The molecule has 0 spiro atoms. The number of hydrogen-bond acceptors (Lipinski definition) is 5. The average molecular weight is 447 g/mol. The van der Waals surface area contributed by atoms with Crippen molar-refractivity contribution in [2.75, 3.05) is 19.6 Å². The zero-order valence-electron chi connectivity index (χ0n) is 19.8. The number of esters is 1.